The summed E-state index contributed by atoms with van der Waals surface area (Å²) >= 11 is 0. The predicted octanol–water partition coefficient (Wildman–Crippen LogP) is 2.46. The third kappa shape index (κ3) is 4.76. The van der Waals surface area contributed by atoms with E-state index >= 15 is 0 Å². The van der Waals surface area contributed by atoms with Gasteiger partial charge in [0.1, 0.15) is 5.75 Å². The summed E-state index contributed by atoms with van der Waals surface area (Å²) in [5.41, 5.74) is 0.753. The van der Waals surface area contributed by atoms with E-state index in [1.807, 2.05) is 21.9 Å². The zero-order valence-corrected chi connectivity index (χ0v) is 18.5. The van der Waals surface area contributed by atoms with Crippen molar-refractivity contribution in [2.24, 2.45) is 5.92 Å². The van der Waals surface area contributed by atoms with Gasteiger partial charge in [0, 0.05) is 44.1 Å². The zero-order valence-electron chi connectivity index (χ0n) is 18.5. The third-order valence-corrected chi connectivity index (χ3v) is 6.57. The van der Waals surface area contributed by atoms with Crippen LogP contribution in [0.3, 0.4) is 0 Å². The molecule has 4 rings (SSSR count). The van der Waals surface area contributed by atoms with Crippen LogP contribution in [0.4, 0.5) is 0 Å². The fourth-order valence-corrected chi connectivity index (χ4v) is 4.78. The maximum Gasteiger partial charge on any atom is 0.266 e. The van der Waals surface area contributed by atoms with Gasteiger partial charge in [-0.05, 0) is 63.3 Å². The average molecular weight is 429 g/mol. The molecule has 0 spiro atoms. The number of rotatable bonds is 4. The summed E-state index contributed by atoms with van der Waals surface area (Å²) in [6.45, 7) is 7.21. The van der Waals surface area contributed by atoms with Crippen LogP contribution in [0.25, 0.3) is 0 Å². The quantitative estimate of drug-likeness (QED) is 0.736. The summed E-state index contributed by atoms with van der Waals surface area (Å²) in [5.74, 6) is 0.888. The van der Waals surface area contributed by atoms with Crippen molar-refractivity contribution in [2.45, 2.75) is 51.6 Å². The Balaban J connectivity index is 1.34. The number of Topliss-reactive ketones (excluding diaryl/α,β-unsaturated/α-hetero) is 1. The first-order chi connectivity index (χ1) is 14.8. The van der Waals surface area contributed by atoms with E-state index in [0.29, 0.717) is 64.4 Å². The largest absolute Gasteiger partial charge is 0.478 e. The first-order valence-electron chi connectivity index (χ1n) is 11.4. The molecule has 0 radical (unpaired) electrons. The fourth-order valence-electron chi connectivity index (χ4n) is 4.78. The van der Waals surface area contributed by atoms with Crippen molar-refractivity contribution in [3.63, 3.8) is 0 Å². The SMILES string of the molecule is CC(C)(Oc1ccc2c(c1)CCCC2=O)C(=O)N1CCC(C(=O)N2CCOCC2)CC1. The van der Waals surface area contributed by atoms with Gasteiger partial charge < -0.3 is 19.3 Å². The van der Waals surface area contributed by atoms with Gasteiger partial charge in [-0.25, -0.2) is 0 Å². The van der Waals surface area contributed by atoms with E-state index in [-0.39, 0.29) is 23.5 Å². The Morgan fingerprint density at radius 2 is 1.74 bits per heavy atom. The van der Waals surface area contributed by atoms with Gasteiger partial charge in [-0.15, -0.1) is 0 Å². The number of likely N-dealkylation sites (tertiary alicyclic amines) is 1. The molecule has 7 nitrogen and oxygen atoms in total. The van der Waals surface area contributed by atoms with Gasteiger partial charge in [0.2, 0.25) is 5.91 Å². The number of benzene rings is 1. The van der Waals surface area contributed by atoms with Crippen LogP contribution in [0.2, 0.25) is 0 Å². The number of ether oxygens (including phenoxy) is 2. The third-order valence-electron chi connectivity index (χ3n) is 6.57. The van der Waals surface area contributed by atoms with Crippen molar-refractivity contribution in [1.29, 1.82) is 0 Å². The Morgan fingerprint density at radius 1 is 1.03 bits per heavy atom. The summed E-state index contributed by atoms with van der Waals surface area (Å²) < 4.78 is 11.4. The number of morpholine rings is 1. The van der Waals surface area contributed by atoms with E-state index in [4.69, 9.17) is 9.47 Å². The lowest BCUT2D eigenvalue weighted by Crippen LogP contribution is -2.53. The Morgan fingerprint density at radius 3 is 2.45 bits per heavy atom. The molecule has 3 aliphatic rings. The molecule has 2 aliphatic heterocycles. The van der Waals surface area contributed by atoms with Crippen LogP contribution in [-0.4, -0.2) is 72.4 Å². The molecule has 1 aromatic rings. The highest BCUT2D eigenvalue weighted by atomic mass is 16.5. The first kappa shape index (κ1) is 21.8. The number of carbonyl (C=O) groups excluding carboxylic acids is 3. The van der Waals surface area contributed by atoms with Crippen molar-refractivity contribution in [3.8, 4) is 5.75 Å². The summed E-state index contributed by atoms with van der Waals surface area (Å²) in [5, 5.41) is 0. The predicted molar refractivity (Wildman–Crippen MR) is 115 cm³/mol. The number of hydrogen-bond acceptors (Lipinski definition) is 5. The Bertz CT molecular complexity index is 852. The number of fused-ring (bicyclic) bond motifs is 1. The molecule has 0 saturated carbocycles. The molecule has 0 unspecified atom stereocenters. The summed E-state index contributed by atoms with van der Waals surface area (Å²) in [7, 11) is 0. The highest BCUT2D eigenvalue weighted by molar-refractivity contribution is 5.98. The number of aryl methyl sites for hydroxylation is 1. The lowest BCUT2D eigenvalue weighted by molar-refractivity contribution is -0.150. The minimum absolute atomic E-state index is 0.0237. The molecule has 0 atom stereocenters. The Kier molecular flexibility index (Phi) is 6.32. The van der Waals surface area contributed by atoms with Crippen molar-refractivity contribution in [1.82, 2.24) is 9.80 Å². The van der Waals surface area contributed by atoms with Gasteiger partial charge in [-0.2, -0.15) is 0 Å². The van der Waals surface area contributed by atoms with E-state index < -0.39 is 5.60 Å². The van der Waals surface area contributed by atoms with Gasteiger partial charge in [0.15, 0.2) is 11.4 Å². The molecule has 2 heterocycles. The van der Waals surface area contributed by atoms with Crippen LogP contribution in [0.15, 0.2) is 18.2 Å². The molecule has 0 bridgehead atoms. The van der Waals surface area contributed by atoms with Crippen LogP contribution in [0, 0.1) is 5.92 Å². The van der Waals surface area contributed by atoms with Crippen LogP contribution in [0.5, 0.6) is 5.75 Å². The normalized spacial score (nSPS) is 20.4. The number of nitrogens with zero attached hydrogens (tertiary/aromatic N) is 2. The lowest BCUT2D eigenvalue weighted by atomic mass is 9.90. The molecule has 2 amide bonds. The van der Waals surface area contributed by atoms with Crippen molar-refractivity contribution >= 4 is 17.6 Å². The zero-order chi connectivity index (χ0) is 22.0. The molecular formula is C24H32N2O5. The summed E-state index contributed by atoms with van der Waals surface area (Å²) in [6.07, 6.45) is 3.67. The van der Waals surface area contributed by atoms with Gasteiger partial charge in [-0.3, -0.25) is 14.4 Å². The van der Waals surface area contributed by atoms with Crippen LogP contribution < -0.4 is 4.74 Å². The second kappa shape index (κ2) is 8.99. The Labute approximate surface area is 183 Å². The monoisotopic (exact) mass is 428 g/mol. The maximum atomic E-state index is 13.2. The molecule has 1 aliphatic carbocycles. The first-order valence-corrected chi connectivity index (χ1v) is 11.4. The van der Waals surface area contributed by atoms with Gasteiger partial charge in [-0.1, -0.05) is 0 Å². The van der Waals surface area contributed by atoms with Gasteiger partial charge >= 0.3 is 0 Å². The lowest BCUT2D eigenvalue weighted by Gasteiger charge is -2.38. The summed E-state index contributed by atoms with van der Waals surface area (Å²) in [4.78, 5) is 41.6. The van der Waals surface area contributed by atoms with E-state index in [2.05, 4.69) is 0 Å². The second-order valence-corrected chi connectivity index (χ2v) is 9.21. The van der Waals surface area contributed by atoms with E-state index in [0.717, 1.165) is 24.0 Å². The smallest absolute Gasteiger partial charge is 0.266 e. The minimum atomic E-state index is -1.02. The van der Waals surface area contributed by atoms with Crippen molar-refractivity contribution in [3.05, 3.63) is 29.3 Å². The van der Waals surface area contributed by atoms with Gasteiger partial charge in [0.05, 0.1) is 13.2 Å². The van der Waals surface area contributed by atoms with Crippen LogP contribution in [0.1, 0.15) is 55.5 Å². The topological polar surface area (TPSA) is 76.2 Å². The standard InChI is InChI=1S/C24H32N2O5/c1-24(2,31-19-6-7-20-18(16-19)4-3-5-21(20)27)23(29)26-10-8-17(9-11-26)22(28)25-12-14-30-15-13-25/h6-7,16-17H,3-5,8-15H2,1-2H3. The van der Waals surface area contributed by atoms with Crippen molar-refractivity contribution in [2.75, 3.05) is 39.4 Å². The number of amides is 2. The summed E-state index contributed by atoms with van der Waals surface area (Å²) in [6, 6.07) is 5.49. The average Bonchev–Trinajstić information content (AvgIpc) is 2.78. The molecule has 2 fully saturated rings. The molecule has 0 aromatic heterocycles. The fraction of sp³-hybridized carbons (Fsp3) is 0.625. The van der Waals surface area contributed by atoms with E-state index in [9.17, 15) is 14.4 Å². The second-order valence-electron chi connectivity index (χ2n) is 9.21. The highest BCUT2D eigenvalue weighted by Gasteiger charge is 2.38. The highest BCUT2D eigenvalue weighted by Crippen LogP contribution is 2.29. The number of ketones is 1. The minimum Gasteiger partial charge on any atom is -0.478 e. The molecule has 1 aromatic carbocycles. The molecule has 2 saturated heterocycles. The van der Waals surface area contributed by atoms with Gasteiger partial charge in [0.25, 0.3) is 5.91 Å². The van der Waals surface area contributed by atoms with Crippen LogP contribution in [-0.2, 0) is 20.7 Å². The molecule has 0 N–H and O–H groups in total. The molecule has 7 heteroatoms. The number of carbonyl (C=O) groups is 3. The van der Waals surface area contributed by atoms with Crippen LogP contribution >= 0.6 is 0 Å². The molecular weight excluding hydrogens is 396 g/mol. The van der Waals surface area contributed by atoms with Crippen molar-refractivity contribution < 1.29 is 23.9 Å². The molecule has 31 heavy (non-hydrogen) atoms. The molecule has 168 valence electrons. The number of piperidine rings is 1. The van der Waals surface area contributed by atoms with E-state index in [1.54, 1.807) is 19.9 Å². The number of hydrogen-bond donors (Lipinski definition) is 0. The van der Waals surface area contributed by atoms with E-state index in [1.165, 1.54) is 0 Å². The maximum absolute atomic E-state index is 13.2. The Hall–Kier alpha value is -2.41.